The largest absolute Gasteiger partial charge is 0.487 e. The summed E-state index contributed by atoms with van der Waals surface area (Å²) in [6, 6.07) is 15.8. The van der Waals surface area contributed by atoms with Crippen LogP contribution in [0.4, 0.5) is 4.79 Å². The Morgan fingerprint density at radius 1 is 1.02 bits per heavy atom. The maximum atomic E-state index is 14.7. The highest BCUT2D eigenvalue weighted by atomic mass is 35.5. The monoisotopic (exact) mass is 688 g/mol. The van der Waals surface area contributed by atoms with Gasteiger partial charge in [0.05, 0.1) is 18.0 Å². The van der Waals surface area contributed by atoms with Crippen LogP contribution in [-0.4, -0.2) is 69.5 Å². The van der Waals surface area contributed by atoms with Gasteiger partial charge in [0.15, 0.2) is 5.78 Å². The van der Waals surface area contributed by atoms with Gasteiger partial charge in [-0.3, -0.25) is 24.3 Å². The lowest BCUT2D eigenvalue weighted by Crippen LogP contribution is -2.55. The van der Waals surface area contributed by atoms with Crippen molar-refractivity contribution in [1.82, 2.24) is 20.1 Å². The minimum Gasteiger partial charge on any atom is -0.487 e. The predicted octanol–water partition coefficient (Wildman–Crippen LogP) is 5.81. The number of urea groups is 1. The molecule has 0 spiro atoms. The van der Waals surface area contributed by atoms with Gasteiger partial charge in [0.25, 0.3) is 0 Å². The second kappa shape index (κ2) is 13.0. The lowest BCUT2D eigenvalue weighted by Gasteiger charge is -2.36. The zero-order valence-corrected chi connectivity index (χ0v) is 28.1. The number of fused-ring (bicyclic) bond motifs is 1. The van der Waals surface area contributed by atoms with Gasteiger partial charge in [0, 0.05) is 51.4 Å². The molecule has 3 aromatic carbocycles. The molecule has 4 amide bonds. The zero-order chi connectivity index (χ0) is 34.3. The van der Waals surface area contributed by atoms with Gasteiger partial charge in [-0.15, -0.1) is 0 Å². The van der Waals surface area contributed by atoms with Crippen molar-refractivity contribution < 1.29 is 23.9 Å². The number of aromatic amines is 1. The fourth-order valence-corrected chi connectivity index (χ4v) is 6.35. The quantitative estimate of drug-likeness (QED) is 0.166. The van der Waals surface area contributed by atoms with Gasteiger partial charge in [-0.25, -0.2) is 4.79 Å². The fraction of sp³-hybridized carbons (Fsp3) is 0.286. The molecule has 4 N–H and O–H groups in total. The Labute approximate surface area is 287 Å². The molecule has 3 heterocycles. The Kier molecular flexibility index (Phi) is 8.93. The number of ketones is 1. The molecule has 2 aliphatic rings. The Morgan fingerprint density at radius 3 is 2.44 bits per heavy atom. The van der Waals surface area contributed by atoms with Crippen LogP contribution < -0.4 is 15.8 Å². The third-order valence-electron chi connectivity index (χ3n) is 8.08. The second-order valence-corrected chi connectivity index (χ2v) is 13.6. The highest BCUT2D eigenvalue weighted by Gasteiger charge is 2.46. The summed E-state index contributed by atoms with van der Waals surface area (Å²) in [7, 11) is 0. The number of amidine groups is 1. The normalized spacial score (nSPS) is 18.1. The van der Waals surface area contributed by atoms with Crippen LogP contribution in [0.5, 0.6) is 5.75 Å². The molecule has 11 nitrogen and oxygen atoms in total. The van der Waals surface area contributed by atoms with Crippen LogP contribution in [0.1, 0.15) is 66.3 Å². The third-order valence-corrected chi connectivity index (χ3v) is 8.57. The van der Waals surface area contributed by atoms with Crippen LogP contribution in [-0.2, 0) is 9.59 Å². The molecule has 1 aromatic heterocycles. The van der Waals surface area contributed by atoms with E-state index in [4.69, 9.17) is 38.7 Å². The summed E-state index contributed by atoms with van der Waals surface area (Å²) in [5, 5.41) is 4.71. The molecular weight excluding hydrogens is 655 g/mol. The Bertz CT molecular complexity index is 1970. The van der Waals surface area contributed by atoms with Crippen molar-refractivity contribution >= 4 is 63.6 Å². The van der Waals surface area contributed by atoms with Gasteiger partial charge >= 0.3 is 6.03 Å². The van der Waals surface area contributed by atoms with Crippen molar-refractivity contribution in [3.05, 3.63) is 99.2 Å². The topological polar surface area (TPSA) is 150 Å². The van der Waals surface area contributed by atoms with Crippen molar-refractivity contribution in [2.24, 2.45) is 10.7 Å². The first-order valence-electron chi connectivity index (χ1n) is 15.4. The number of amides is 4. The molecule has 0 aliphatic carbocycles. The number of nitrogens with zero attached hydrogens (tertiary/aromatic N) is 3. The molecule has 248 valence electrons. The number of carbonyl (C=O) groups excluding carboxylic acids is 4. The van der Waals surface area contributed by atoms with Crippen molar-refractivity contribution in [3.63, 3.8) is 0 Å². The molecule has 2 atom stereocenters. The number of piperazine rings is 1. The maximum Gasteiger partial charge on any atom is 0.326 e. The Hall–Kier alpha value is -4.87. The zero-order valence-electron chi connectivity index (χ0n) is 26.6. The average molecular weight is 690 g/mol. The van der Waals surface area contributed by atoms with Gasteiger partial charge in [0.1, 0.15) is 29.8 Å². The number of hydrogen-bond acceptors (Lipinski definition) is 6. The van der Waals surface area contributed by atoms with Crippen LogP contribution in [0.15, 0.2) is 71.9 Å². The van der Waals surface area contributed by atoms with Gasteiger partial charge in [-0.1, -0.05) is 47.5 Å². The summed E-state index contributed by atoms with van der Waals surface area (Å²) in [5.41, 5.74) is 7.62. The summed E-state index contributed by atoms with van der Waals surface area (Å²) in [4.78, 5) is 63.3. The van der Waals surface area contributed by atoms with Crippen LogP contribution in [0.25, 0.3) is 10.9 Å². The van der Waals surface area contributed by atoms with Crippen LogP contribution in [0.3, 0.4) is 0 Å². The molecule has 2 aliphatic heterocycles. The number of aromatic nitrogens is 1. The lowest BCUT2D eigenvalue weighted by molar-refractivity contribution is -0.123. The third kappa shape index (κ3) is 6.74. The number of benzene rings is 3. The first-order valence-corrected chi connectivity index (χ1v) is 16.1. The summed E-state index contributed by atoms with van der Waals surface area (Å²) in [6.07, 6.45) is 1.37. The number of halogens is 2. The van der Waals surface area contributed by atoms with Crippen molar-refractivity contribution in [2.75, 3.05) is 19.6 Å². The maximum absolute atomic E-state index is 14.7. The van der Waals surface area contributed by atoms with E-state index in [1.807, 2.05) is 51.2 Å². The smallest absolute Gasteiger partial charge is 0.326 e. The van der Waals surface area contributed by atoms with E-state index in [9.17, 15) is 19.2 Å². The second-order valence-electron chi connectivity index (χ2n) is 12.7. The molecule has 4 aromatic rings. The first kappa shape index (κ1) is 33.0. The van der Waals surface area contributed by atoms with Crippen molar-refractivity contribution in [2.45, 2.75) is 44.9 Å². The van der Waals surface area contributed by atoms with E-state index in [1.54, 1.807) is 41.3 Å². The number of ether oxygens (including phenoxy) is 1. The van der Waals surface area contributed by atoms with Gasteiger partial charge in [-0.05, 0) is 62.7 Å². The number of hydrogen-bond donors (Lipinski definition) is 3. The van der Waals surface area contributed by atoms with Crippen LogP contribution >= 0.6 is 23.2 Å². The number of primary amides is 1. The number of rotatable bonds is 7. The molecule has 0 radical (unpaired) electrons. The highest BCUT2D eigenvalue weighted by molar-refractivity contribution is 6.31. The molecule has 1 fully saturated rings. The van der Waals surface area contributed by atoms with E-state index in [-0.39, 0.29) is 29.6 Å². The van der Waals surface area contributed by atoms with Gasteiger partial charge in [0.2, 0.25) is 11.8 Å². The van der Waals surface area contributed by atoms with E-state index in [1.165, 1.54) is 4.90 Å². The summed E-state index contributed by atoms with van der Waals surface area (Å²) in [5.74, 6) is -0.922. The van der Waals surface area contributed by atoms with E-state index in [0.717, 1.165) is 22.0 Å². The van der Waals surface area contributed by atoms with E-state index in [0.29, 0.717) is 28.7 Å². The molecule has 13 heteroatoms. The molecule has 0 saturated carbocycles. The molecule has 48 heavy (non-hydrogen) atoms. The Balaban J connectivity index is 1.58. The number of aliphatic imine (C=N–C) groups is 1. The van der Waals surface area contributed by atoms with Crippen molar-refractivity contribution in [3.8, 4) is 5.75 Å². The number of H-pyrrole nitrogens is 1. The molecule has 6 rings (SSSR count). The summed E-state index contributed by atoms with van der Waals surface area (Å²) >= 11 is 12.6. The van der Waals surface area contributed by atoms with E-state index < -0.39 is 41.8 Å². The van der Waals surface area contributed by atoms with Crippen molar-refractivity contribution in [1.29, 1.82) is 0 Å². The van der Waals surface area contributed by atoms with E-state index >= 15 is 0 Å². The Morgan fingerprint density at radius 2 is 1.75 bits per heavy atom. The minimum absolute atomic E-state index is 0.129. The number of nitrogens with one attached hydrogen (secondary N) is 2. The SMILES string of the molecule is CC(C)(C)Oc1cc(C(=O)CC(N)=O)ccc1C1=N[C@@H](c2ccc(Cl)cc2)[C@@H](c2c[nH]c3cc(Cl)ccc23)N1C(=O)N1CCNC(=O)C1. The van der Waals surface area contributed by atoms with Crippen LogP contribution in [0, 0.1) is 0 Å². The van der Waals surface area contributed by atoms with Gasteiger partial charge in [-0.2, -0.15) is 0 Å². The molecular formula is C35H34Cl2N6O5. The first-order chi connectivity index (χ1) is 22.8. The summed E-state index contributed by atoms with van der Waals surface area (Å²) < 4.78 is 6.39. The van der Waals surface area contributed by atoms with Gasteiger partial charge < -0.3 is 25.7 Å². The molecule has 0 bridgehead atoms. The number of carbonyl (C=O) groups is 4. The van der Waals surface area contributed by atoms with E-state index in [2.05, 4.69) is 10.3 Å². The lowest BCUT2D eigenvalue weighted by atomic mass is 9.93. The average Bonchev–Trinajstić information content (AvgIpc) is 3.61. The number of nitrogens with two attached hydrogens (primary N) is 1. The fourth-order valence-electron chi connectivity index (χ4n) is 6.05. The molecule has 1 saturated heterocycles. The minimum atomic E-state index is -0.751. The molecule has 0 unspecified atom stereocenters. The highest BCUT2D eigenvalue weighted by Crippen LogP contribution is 2.47. The summed E-state index contributed by atoms with van der Waals surface area (Å²) in [6.45, 7) is 6.04. The van der Waals surface area contributed by atoms with Crippen LogP contribution in [0.2, 0.25) is 10.0 Å². The predicted molar refractivity (Wildman–Crippen MR) is 184 cm³/mol. The number of Topliss-reactive ketones (excluding diaryl/α,β-unsaturated/α-hetero) is 1. The standard InChI is InChI=1S/C35H34Cl2N6O5/c1-35(2,3)48-28-14-20(27(44)16-29(38)45)6-10-24(28)33-41-31(19-4-7-21(36)8-5-19)32(25-17-40-26-15-22(37)9-11-23(25)26)43(33)34(47)42-13-12-39-30(46)18-42/h4-11,14-15,17,31-32,40H,12-13,16,18H2,1-3H3,(H2,38,45)(H,39,46)/t31-,32+/m0/s1.